The third kappa shape index (κ3) is 6.69. The lowest BCUT2D eigenvalue weighted by Crippen LogP contribution is -2.55. The van der Waals surface area contributed by atoms with Gasteiger partial charge in [0.25, 0.3) is 11.8 Å². The van der Waals surface area contributed by atoms with Crippen LogP contribution in [-0.2, 0) is 20.9 Å². The maximum absolute atomic E-state index is 14.5. The summed E-state index contributed by atoms with van der Waals surface area (Å²) in [7, 11) is 3.24. The molecule has 0 fully saturated rings. The van der Waals surface area contributed by atoms with Gasteiger partial charge in [-0.25, -0.2) is 0 Å². The lowest BCUT2D eigenvalue weighted by molar-refractivity contribution is -0.128. The molecule has 1 heterocycles. The Labute approximate surface area is 269 Å². The summed E-state index contributed by atoms with van der Waals surface area (Å²) in [5.41, 5.74) is 2.73. The van der Waals surface area contributed by atoms with Crippen LogP contribution in [0.3, 0.4) is 0 Å². The van der Waals surface area contributed by atoms with Crippen LogP contribution in [-0.4, -0.2) is 56.4 Å². The summed E-state index contributed by atoms with van der Waals surface area (Å²) in [5, 5.41) is 10.3. The fourth-order valence-corrected chi connectivity index (χ4v) is 5.77. The molecule has 2 unspecified atom stereocenters. The third-order valence-electron chi connectivity index (χ3n) is 7.82. The van der Waals surface area contributed by atoms with Crippen molar-refractivity contribution in [3.63, 3.8) is 0 Å². The number of likely N-dealkylation sites (N-methyl/N-ethyl adjacent to an activating group) is 1. The van der Waals surface area contributed by atoms with Crippen molar-refractivity contribution >= 4 is 67.4 Å². The summed E-state index contributed by atoms with van der Waals surface area (Å²) < 4.78 is 6.67. The fraction of sp³-hybridized carbons (Fsp3) is 0.235. The van der Waals surface area contributed by atoms with Crippen LogP contribution in [0.15, 0.2) is 83.3 Å². The Balaban J connectivity index is 1.62. The van der Waals surface area contributed by atoms with Gasteiger partial charge in [0.1, 0.15) is 11.8 Å². The highest BCUT2D eigenvalue weighted by atomic mass is 79.9. The second kappa shape index (κ2) is 13.5. The largest absolute Gasteiger partial charge is 0.496 e. The Morgan fingerprint density at radius 1 is 1.00 bits per heavy atom. The van der Waals surface area contributed by atoms with E-state index >= 15 is 0 Å². The molecule has 0 aliphatic carbocycles. The van der Waals surface area contributed by atoms with Crippen molar-refractivity contribution in [2.75, 3.05) is 35.8 Å². The number of hydrogen-bond donors (Lipinski definition) is 3. The number of benzene rings is 4. The molecule has 1 aliphatic rings. The summed E-state index contributed by atoms with van der Waals surface area (Å²) in [4.78, 5) is 56.3. The molecule has 4 amide bonds. The SMILES string of the molecule is CNC(C)C(=O)NC1CN(C(=O)c2ccc(NC(C)=O)cc2)c2ccccc2N(Cc2c(OC)ccc3cc(Br)ccc23)C1=O. The Morgan fingerprint density at radius 3 is 2.38 bits per heavy atom. The fourth-order valence-electron chi connectivity index (χ4n) is 5.39. The number of hydrogen-bond acceptors (Lipinski definition) is 6. The first-order valence-electron chi connectivity index (χ1n) is 14.4. The number of fused-ring (bicyclic) bond motifs is 2. The summed E-state index contributed by atoms with van der Waals surface area (Å²) in [6, 6.07) is 21.8. The van der Waals surface area contributed by atoms with Gasteiger partial charge >= 0.3 is 0 Å². The molecule has 45 heavy (non-hydrogen) atoms. The number of carbonyl (C=O) groups excluding carboxylic acids is 4. The van der Waals surface area contributed by atoms with E-state index in [0.29, 0.717) is 28.4 Å². The van der Waals surface area contributed by atoms with Crippen molar-refractivity contribution in [1.29, 1.82) is 0 Å². The lowest BCUT2D eigenvalue weighted by Gasteiger charge is -2.27. The minimum Gasteiger partial charge on any atom is -0.496 e. The van der Waals surface area contributed by atoms with Crippen LogP contribution in [0, 0.1) is 0 Å². The number of rotatable bonds is 8. The summed E-state index contributed by atoms with van der Waals surface area (Å²) in [5.74, 6) is -0.720. The van der Waals surface area contributed by atoms with Crippen LogP contribution in [0.5, 0.6) is 5.75 Å². The van der Waals surface area contributed by atoms with Crippen LogP contribution < -0.4 is 30.5 Å². The second-order valence-electron chi connectivity index (χ2n) is 10.8. The van der Waals surface area contributed by atoms with E-state index in [4.69, 9.17) is 4.74 Å². The Morgan fingerprint density at radius 2 is 1.71 bits per heavy atom. The van der Waals surface area contributed by atoms with Gasteiger partial charge in [-0.15, -0.1) is 0 Å². The molecule has 4 aromatic rings. The number of nitrogens with one attached hydrogen (secondary N) is 3. The zero-order valence-corrected chi connectivity index (χ0v) is 27.0. The molecule has 2 atom stereocenters. The quantitative estimate of drug-likeness (QED) is 0.246. The maximum Gasteiger partial charge on any atom is 0.258 e. The highest BCUT2D eigenvalue weighted by molar-refractivity contribution is 9.10. The first-order chi connectivity index (χ1) is 21.6. The van der Waals surface area contributed by atoms with E-state index < -0.39 is 12.1 Å². The number of anilines is 3. The normalized spacial score (nSPS) is 15.2. The van der Waals surface area contributed by atoms with Gasteiger partial charge < -0.3 is 30.5 Å². The molecular formula is C34H34BrN5O5. The topological polar surface area (TPSA) is 120 Å². The van der Waals surface area contributed by atoms with Gasteiger partial charge in [-0.1, -0.05) is 40.2 Å². The van der Waals surface area contributed by atoms with Gasteiger partial charge in [0.05, 0.1) is 37.6 Å². The predicted octanol–water partition coefficient (Wildman–Crippen LogP) is 4.86. The van der Waals surface area contributed by atoms with Crippen molar-refractivity contribution in [2.24, 2.45) is 0 Å². The minimum atomic E-state index is -1.06. The minimum absolute atomic E-state index is 0.0968. The van der Waals surface area contributed by atoms with Crippen molar-refractivity contribution in [3.8, 4) is 5.75 Å². The molecule has 11 heteroatoms. The molecule has 5 rings (SSSR count). The Hall–Kier alpha value is -4.74. The average Bonchev–Trinajstić information content (AvgIpc) is 3.14. The van der Waals surface area contributed by atoms with E-state index in [1.807, 2.05) is 36.4 Å². The molecule has 0 saturated heterocycles. The molecule has 4 aromatic carbocycles. The number of nitrogens with zero attached hydrogens (tertiary/aromatic N) is 2. The van der Waals surface area contributed by atoms with E-state index in [1.165, 1.54) is 11.8 Å². The molecule has 0 bridgehead atoms. The monoisotopic (exact) mass is 671 g/mol. The van der Waals surface area contributed by atoms with Crippen LogP contribution in [0.25, 0.3) is 10.8 Å². The van der Waals surface area contributed by atoms with Crippen molar-refractivity contribution in [3.05, 3.63) is 94.5 Å². The first kappa shape index (κ1) is 31.7. The summed E-state index contributed by atoms with van der Waals surface area (Å²) >= 11 is 3.54. The zero-order chi connectivity index (χ0) is 32.2. The highest BCUT2D eigenvalue weighted by Crippen LogP contribution is 2.38. The molecule has 1 aliphatic heterocycles. The first-order valence-corrected chi connectivity index (χ1v) is 15.2. The van der Waals surface area contributed by atoms with E-state index in [9.17, 15) is 19.2 Å². The maximum atomic E-state index is 14.5. The van der Waals surface area contributed by atoms with E-state index in [-0.39, 0.29) is 36.7 Å². The van der Waals surface area contributed by atoms with E-state index in [2.05, 4.69) is 31.9 Å². The predicted molar refractivity (Wildman–Crippen MR) is 179 cm³/mol. The molecule has 0 saturated carbocycles. The van der Waals surface area contributed by atoms with E-state index in [0.717, 1.165) is 20.8 Å². The summed E-state index contributed by atoms with van der Waals surface area (Å²) in [6.07, 6.45) is 0. The lowest BCUT2D eigenvalue weighted by atomic mass is 10.0. The Kier molecular flexibility index (Phi) is 9.50. The molecule has 232 valence electrons. The highest BCUT2D eigenvalue weighted by Gasteiger charge is 2.38. The van der Waals surface area contributed by atoms with Crippen LogP contribution in [0.2, 0.25) is 0 Å². The third-order valence-corrected chi connectivity index (χ3v) is 8.31. The van der Waals surface area contributed by atoms with Crippen LogP contribution in [0.4, 0.5) is 17.1 Å². The number of methoxy groups -OCH3 is 1. The van der Waals surface area contributed by atoms with Gasteiger partial charge in [-0.05, 0) is 79.3 Å². The van der Waals surface area contributed by atoms with Gasteiger partial charge in [0.2, 0.25) is 11.8 Å². The van der Waals surface area contributed by atoms with Gasteiger partial charge in [0.15, 0.2) is 0 Å². The summed E-state index contributed by atoms with van der Waals surface area (Å²) in [6.45, 7) is 3.13. The molecule has 3 N–H and O–H groups in total. The number of amides is 4. The number of halogens is 1. The smallest absolute Gasteiger partial charge is 0.258 e. The number of para-hydroxylation sites is 2. The average molecular weight is 673 g/mol. The molecule has 10 nitrogen and oxygen atoms in total. The Bertz CT molecular complexity index is 1780. The van der Waals surface area contributed by atoms with Crippen molar-refractivity contribution < 1.29 is 23.9 Å². The van der Waals surface area contributed by atoms with Gasteiger partial charge in [-0.3, -0.25) is 19.2 Å². The van der Waals surface area contributed by atoms with Crippen LogP contribution >= 0.6 is 15.9 Å². The molecule has 0 radical (unpaired) electrons. The van der Waals surface area contributed by atoms with Crippen LogP contribution in [0.1, 0.15) is 29.8 Å². The molecular weight excluding hydrogens is 638 g/mol. The van der Waals surface area contributed by atoms with Crippen molar-refractivity contribution in [1.82, 2.24) is 10.6 Å². The standard InChI is InChI=1S/C34H34BrN5O5/c1-20(36-3)32(42)38-28-19-40(33(43)22-9-13-25(14-10-22)37-21(2)41)30-8-6-5-7-29(30)39(34(28)44)18-27-26-15-12-24(35)17-23(26)11-16-31(27)45-4/h5-17,20,28,36H,18-19H2,1-4H3,(H,37,41)(H,38,42). The molecule has 0 aromatic heterocycles. The van der Waals surface area contributed by atoms with Crippen molar-refractivity contribution in [2.45, 2.75) is 32.5 Å². The zero-order valence-electron chi connectivity index (χ0n) is 25.4. The number of carbonyl (C=O) groups is 4. The van der Waals surface area contributed by atoms with Gasteiger partial charge in [0, 0.05) is 28.2 Å². The second-order valence-corrected chi connectivity index (χ2v) is 11.7. The van der Waals surface area contributed by atoms with E-state index in [1.54, 1.807) is 68.4 Å². The van der Waals surface area contributed by atoms with Gasteiger partial charge in [-0.2, -0.15) is 0 Å². The number of ether oxygens (including phenoxy) is 1. The molecule has 0 spiro atoms.